The Kier molecular flexibility index (Phi) is 3.81. The van der Waals surface area contributed by atoms with Crippen LogP contribution in [-0.4, -0.2) is 32.1 Å². The quantitative estimate of drug-likeness (QED) is 0.736. The summed E-state index contributed by atoms with van der Waals surface area (Å²) in [5.74, 6) is 3.62. The van der Waals surface area contributed by atoms with Crippen LogP contribution in [0.1, 0.15) is 33.1 Å². The van der Waals surface area contributed by atoms with Crippen molar-refractivity contribution in [2.24, 2.45) is 29.6 Å². The highest BCUT2D eigenvalue weighted by Gasteiger charge is 2.49. The van der Waals surface area contributed by atoms with E-state index in [1.165, 1.54) is 12.8 Å². The molecule has 4 heteroatoms. The summed E-state index contributed by atoms with van der Waals surface area (Å²) < 4.78 is 15.7. The second-order valence-electron chi connectivity index (χ2n) is 6.55. The van der Waals surface area contributed by atoms with Crippen LogP contribution in [-0.2, 0) is 19.0 Å². The summed E-state index contributed by atoms with van der Waals surface area (Å²) in [6.07, 6.45) is 2.89. The fraction of sp³-hybridized carbons (Fsp3) is 0.933. The first-order valence-electron chi connectivity index (χ1n) is 7.50. The lowest BCUT2D eigenvalue weighted by molar-refractivity contribution is -0.184. The molecule has 3 fully saturated rings. The van der Waals surface area contributed by atoms with E-state index < -0.39 is 0 Å². The molecule has 5 unspecified atom stereocenters. The minimum Gasteiger partial charge on any atom is -0.457 e. The minimum absolute atomic E-state index is 0.0727. The van der Waals surface area contributed by atoms with Gasteiger partial charge < -0.3 is 14.2 Å². The molecule has 1 heterocycles. The highest BCUT2D eigenvalue weighted by molar-refractivity contribution is 5.70. The van der Waals surface area contributed by atoms with E-state index in [9.17, 15) is 4.79 Å². The topological polar surface area (TPSA) is 44.8 Å². The van der Waals surface area contributed by atoms with Crippen molar-refractivity contribution in [2.45, 2.75) is 39.2 Å². The Labute approximate surface area is 114 Å². The normalized spacial score (nSPS) is 42.5. The lowest BCUT2D eigenvalue weighted by atomic mass is 9.74. The summed E-state index contributed by atoms with van der Waals surface area (Å²) >= 11 is 0. The molecule has 1 aliphatic heterocycles. The monoisotopic (exact) mass is 268 g/mol. The first-order valence-corrected chi connectivity index (χ1v) is 7.50. The van der Waals surface area contributed by atoms with Gasteiger partial charge in [0.05, 0.1) is 13.2 Å². The van der Waals surface area contributed by atoms with Crippen molar-refractivity contribution in [1.29, 1.82) is 0 Å². The average Bonchev–Trinajstić information content (AvgIpc) is 2.91. The highest BCUT2D eigenvalue weighted by atomic mass is 16.7. The van der Waals surface area contributed by atoms with Gasteiger partial charge in [0.15, 0.2) is 0 Å². The van der Waals surface area contributed by atoms with Gasteiger partial charge in [0.25, 0.3) is 0 Å². The Morgan fingerprint density at radius 1 is 1.16 bits per heavy atom. The van der Waals surface area contributed by atoms with Crippen molar-refractivity contribution in [1.82, 2.24) is 0 Å². The number of ether oxygens (including phenoxy) is 3. The fourth-order valence-corrected chi connectivity index (χ4v) is 4.31. The van der Waals surface area contributed by atoms with Gasteiger partial charge in [0.1, 0.15) is 12.9 Å². The van der Waals surface area contributed by atoms with Crippen LogP contribution < -0.4 is 0 Å². The zero-order valence-electron chi connectivity index (χ0n) is 11.8. The van der Waals surface area contributed by atoms with E-state index in [-0.39, 0.29) is 12.1 Å². The largest absolute Gasteiger partial charge is 0.457 e. The van der Waals surface area contributed by atoms with E-state index in [1.807, 2.05) is 0 Å². The Balaban J connectivity index is 1.48. The summed E-state index contributed by atoms with van der Waals surface area (Å²) in [7, 11) is 0. The standard InChI is InChI=1S/C15H24O4/c1-9-10(2)14-4-11(9)3-12(14)5-15(16)19-13-6-17-8-18-7-13/h9-14H,3-8H2,1-2H3. The first kappa shape index (κ1) is 13.4. The predicted octanol–water partition coefficient (Wildman–Crippen LogP) is 2.22. The number of esters is 1. The number of fused-ring (bicyclic) bond motifs is 2. The molecular weight excluding hydrogens is 244 g/mol. The molecule has 0 radical (unpaired) electrons. The molecule has 0 aromatic heterocycles. The van der Waals surface area contributed by atoms with Crippen LogP contribution in [0.5, 0.6) is 0 Å². The lowest BCUT2D eigenvalue weighted by Gasteiger charge is -2.31. The van der Waals surface area contributed by atoms with E-state index in [0.29, 0.717) is 32.3 Å². The molecule has 0 N–H and O–H groups in total. The Bertz CT molecular complexity index is 335. The lowest BCUT2D eigenvalue weighted by Crippen LogP contribution is -2.34. The Hall–Kier alpha value is -0.610. The summed E-state index contributed by atoms with van der Waals surface area (Å²) in [4.78, 5) is 12.0. The molecule has 0 amide bonds. The predicted molar refractivity (Wildman–Crippen MR) is 69.3 cm³/mol. The number of hydrogen-bond donors (Lipinski definition) is 0. The van der Waals surface area contributed by atoms with Gasteiger partial charge in [0, 0.05) is 6.42 Å². The van der Waals surface area contributed by atoms with E-state index in [2.05, 4.69) is 13.8 Å². The van der Waals surface area contributed by atoms with Crippen molar-refractivity contribution < 1.29 is 19.0 Å². The number of hydrogen-bond acceptors (Lipinski definition) is 4. The smallest absolute Gasteiger partial charge is 0.306 e. The number of carbonyl (C=O) groups excluding carboxylic acids is 1. The van der Waals surface area contributed by atoms with Gasteiger partial charge in [-0.05, 0) is 42.4 Å². The second kappa shape index (κ2) is 5.41. The molecule has 0 aromatic rings. The fourth-order valence-electron chi connectivity index (χ4n) is 4.31. The van der Waals surface area contributed by atoms with Gasteiger partial charge in [-0.25, -0.2) is 0 Å². The highest BCUT2D eigenvalue weighted by Crippen LogP contribution is 2.55. The molecule has 3 rings (SSSR count). The van der Waals surface area contributed by atoms with E-state index in [1.54, 1.807) is 0 Å². The van der Waals surface area contributed by atoms with Crippen LogP contribution >= 0.6 is 0 Å². The van der Waals surface area contributed by atoms with Gasteiger partial charge in [-0.3, -0.25) is 4.79 Å². The van der Waals surface area contributed by atoms with Gasteiger partial charge in [-0.1, -0.05) is 13.8 Å². The number of rotatable bonds is 3. The molecule has 5 atom stereocenters. The molecule has 0 spiro atoms. The van der Waals surface area contributed by atoms with Crippen molar-refractivity contribution in [3.63, 3.8) is 0 Å². The summed E-state index contributed by atoms with van der Waals surface area (Å²) in [5.41, 5.74) is 0. The molecule has 108 valence electrons. The van der Waals surface area contributed by atoms with Crippen molar-refractivity contribution in [3.8, 4) is 0 Å². The zero-order chi connectivity index (χ0) is 13.4. The van der Waals surface area contributed by atoms with Crippen molar-refractivity contribution in [3.05, 3.63) is 0 Å². The zero-order valence-corrected chi connectivity index (χ0v) is 11.8. The first-order chi connectivity index (χ1) is 9.15. The molecule has 1 saturated heterocycles. The molecule has 0 aromatic carbocycles. The summed E-state index contributed by atoms with van der Waals surface area (Å²) in [6.45, 7) is 5.96. The van der Waals surface area contributed by atoms with Gasteiger partial charge >= 0.3 is 5.97 Å². The average molecular weight is 268 g/mol. The Morgan fingerprint density at radius 3 is 2.53 bits per heavy atom. The van der Waals surface area contributed by atoms with E-state index >= 15 is 0 Å². The molecule has 3 aliphatic rings. The molecule has 2 aliphatic carbocycles. The van der Waals surface area contributed by atoms with Crippen LogP contribution in [0.4, 0.5) is 0 Å². The van der Waals surface area contributed by atoms with Gasteiger partial charge in [-0.2, -0.15) is 0 Å². The maximum absolute atomic E-state index is 12.0. The van der Waals surface area contributed by atoms with Crippen LogP contribution in [0, 0.1) is 29.6 Å². The summed E-state index contributed by atoms with van der Waals surface area (Å²) in [5, 5.41) is 0. The Morgan fingerprint density at radius 2 is 1.89 bits per heavy atom. The molecule has 4 nitrogen and oxygen atoms in total. The van der Waals surface area contributed by atoms with E-state index in [0.717, 1.165) is 23.7 Å². The van der Waals surface area contributed by atoms with Crippen molar-refractivity contribution in [2.75, 3.05) is 20.0 Å². The van der Waals surface area contributed by atoms with Gasteiger partial charge in [-0.15, -0.1) is 0 Å². The van der Waals surface area contributed by atoms with Crippen LogP contribution in [0.3, 0.4) is 0 Å². The maximum atomic E-state index is 12.0. The van der Waals surface area contributed by atoms with Crippen LogP contribution in [0.15, 0.2) is 0 Å². The SMILES string of the molecule is CC1C2CC(CC(=O)OC3COCOC3)C(C2)C1C. The third kappa shape index (κ3) is 2.65. The molecule has 2 saturated carbocycles. The van der Waals surface area contributed by atoms with Crippen LogP contribution in [0.25, 0.3) is 0 Å². The van der Waals surface area contributed by atoms with Gasteiger partial charge in [0.2, 0.25) is 0 Å². The van der Waals surface area contributed by atoms with E-state index in [4.69, 9.17) is 14.2 Å². The maximum Gasteiger partial charge on any atom is 0.306 e. The second-order valence-corrected chi connectivity index (χ2v) is 6.55. The molecule has 19 heavy (non-hydrogen) atoms. The molecular formula is C15H24O4. The third-order valence-electron chi connectivity index (χ3n) is 5.54. The number of carbonyl (C=O) groups is 1. The van der Waals surface area contributed by atoms with Crippen molar-refractivity contribution >= 4 is 5.97 Å². The summed E-state index contributed by atoms with van der Waals surface area (Å²) in [6, 6.07) is 0. The van der Waals surface area contributed by atoms with Crippen LogP contribution in [0.2, 0.25) is 0 Å². The minimum atomic E-state index is -0.212. The third-order valence-corrected chi connectivity index (χ3v) is 5.54. The molecule has 2 bridgehead atoms.